The Balaban J connectivity index is 0.00000300. The zero-order valence-corrected chi connectivity index (χ0v) is 19.9. The number of halogens is 2. The van der Waals surface area contributed by atoms with Gasteiger partial charge in [-0.05, 0) is 50.2 Å². The lowest BCUT2D eigenvalue weighted by Crippen LogP contribution is -2.51. The number of hydrogen-bond donors (Lipinski definition) is 1. The molecular formula is C21H36FIN6. The van der Waals surface area contributed by atoms with Crippen molar-refractivity contribution in [3.05, 3.63) is 30.1 Å². The van der Waals surface area contributed by atoms with Crippen molar-refractivity contribution < 1.29 is 4.39 Å². The molecule has 0 spiro atoms. The number of guanidine groups is 1. The quantitative estimate of drug-likeness (QED) is 0.260. The van der Waals surface area contributed by atoms with Gasteiger partial charge in [0.1, 0.15) is 5.82 Å². The van der Waals surface area contributed by atoms with Gasteiger partial charge in [-0.15, -0.1) is 24.0 Å². The molecule has 0 aromatic heterocycles. The first-order valence-corrected chi connectivity index (χ1v) is 10.7. The molecule has 0 atom stereocenters. The molecule has 3 rings (SSSR count). The van der Waals surface area contributed by atoms with Crippen molar-refractivity contribution in [1.29, 1.82) is 0 Å². The highest BCUT2D eigenvalue weighted by Gasteiger charge is 2.18. The van der Waals surface area contributed by atoms with Crippen molar-refractivity contribution in [3.63, 3.8) is 0 Å². The van der Waals surface area contributed by atoms with E-state index in [4.69, 9.17) is 5.73 Å². The summed E-state index contributed by atoms with van der Waals surface area (Å²) in [6, 6.07) is 6.71. The first kappa shape index (κ1) is 24.1. The fourth-order valence-corrected chi connectivity index (χ4v) is 3.92. The molecule has 0 saturated carbocycles. The molecule has 2 fully saturated rings. The molecule has 8 heteroatoms. The molecule has 0 amide bonds. The third-order valence-corrected chi connectivity index (χ3v) is 5.86. The molecule has 2 aliphatic rings. The Labute approximate surface area is 191 Å². The highest BCUT2D eigenvalue weighted by Crippen LogP contribution is 2.16. The van der Waals surface area contributed by atoms with Crippen molar-refractivity contribution in [2.75, 3.05) is 76.9 Å². The fourth-order valence-electron chi connectivity index (χ4n) is 3.92. The third kappa shape index (κ3) is 7.57. The third-order valence-electron chi connectivity index (χ3n) is 5.86. The number of unbranched alkanes of at least 4 members (excludes halogenated alkanes) is 1. The number of rotatable bonds is 7. The molecule has 29 heavy (non-hydrogen) atoms. The van der Waals surface area contributed by atoms with E-state index in [9.17, 15) is 4.39 Å². The molecule has 0 aliphatic carbocycles. The van der Waals surface area contributed by atoms with Crippen molar-refractivity contribution >= 4 is 35.6 Å². The maximum Gasteiger partial charge on any atom is 0.191 e. The van der Waals surface area contributed by atoms with Crippen LogP contribution >= 0.6 is 24.0 Å². The van der Waals surface area contributed by atoms with Crippen LogP contribution in [0.5, 0.6) is 0 Å². The summed E-state index contributed by atoms with van der Waals surface area (Å²) in [7, 11) is 0. The molecule has 6 nitrogen and oxygen atoms in total. The first-order chi connectivity index (χ1) is 13.7. The molecule has 1 aromatic rings. The number of piperazine rings is 2. The minimum atomic E-state index is -0.193. The van der Waals surface area contributed by atoms with Gasteiger partial charge in [-0.25, -0.2) is 4.39 Å². The molecule has 0 unspecified atom stereocenters. The van der Waals surface area contributed by atoms with Gasteiger partial charge in [0.05, 0.1) is 0 Å². The van der Waals surface area contributed by atoms with Gasteiger partial charge in [0, 0.05) is 64.6 Å². The van der Waals surface area contributed by atoms with Crippen LogP contribution < -0.4 is 10.6 Å². The second kappa shape index (κ2) is 12.5. The van der Waals surface area contributed by atoms with E-state index in [1.165, 1.54) is 57.8 Å². The number of anilines is 1. The Kier molecular flexibility index (Phi) is 10.4. The first-order valence-electron chi connectivity index (χ1n) is 10.7. The van der Waals surface area contributed by atoms with Gasteiger partial charge in [0.2, 0.25) is 0 Å². The molecule has 2 N–H and O–H groups in total. The summed E-state index contributed by atoms with van der Waals surface area (Å²) in [4.78, 5) is 14.1. The number of nitrogens with zero attached hydrogens (tertiary/aromatic N) is 5. The molecule has 2 saturated heterocycles. The van der Waals surface area contributed by atoms with Crippen molar-refractivity contribution in [2.24, 2.45) is 10.7 Å². The van der Waals surface area contributed by atoms with E-state index in [-0.39, 0.29) is 29.8 Å². The smallest absolute Gasteiger partial charge is 0.191 e. The Morgan fingerprint density at radius 3 is 2.17 bits per heavy atom. The van der Waals surface area contributed by atoms with Crippen LogP contribution in [0, 0.1) is 5.82 Å². The van der Waals surface area contributed by atoms with Crippen molar-refractivity contribution in [2.45, 2.75) is 19.8 Å². The average Bonchev–Trinajstić information content (AvgIpc) is 2.74. The molecule has 0 bridgehead atoms. The van der Waals surface area contributed by atoms with Gasteiger partial charge in [-0.1, -0.05) is 6.92 Å². The predicted octanol–water partition coefficient (Wildman–Crippen LogP) is 2.30. The van der Waals surface area contributed by atoms with Crippen molar-refractivity contribution in [3.8, 4) is 0 Å². The fraction of sp³-hybridized carbons (Fsp3) is 0.667. The average molecular weight is 518 g/mol. The number of aliphatic imine (C=N–C) groups is 1. The lowest BCUT2D eigenvalue weighted by molar-refractivity contribution is 0.136. The lowest BCUT2D eigenvalue weighted by atomic mass is 10.2. The standard InChI is InChI=1S/C21H35FN6.HI/c1-2-25-11-13-26(14-12-25)10-4-3-9-24-21(23)28-17-15-27(16-18-28)20-7-5-19(22)6-8-20;/h5-8H,2-4,9-18H2,1H3,(H2,23,24);1H. The summed E-state index contributed by atoms with van der Waals surface area (Å²) in [6.45, 7) is 13.6. The summed E-state index contributed by atoms with van der Waals surface area (Å²) < 4.78 is 13.1. The van der Waals surface area contributed by atoms with E-state index >= 15 is 0 Å². The highest BCUT2D eigenvalue weighted by molar-refractivity contribution is 14.0. The highest BCUT2D eigenvalue weighted by atomic mass is 127. The van der Waals surface area contributed by atoms with Gasteiger partial charge in [0.15, 0.2) is 5.96 Å². The van der Waals surface area contributed by atoms with E-state index in [0.29, 0.717) is 5.96 Å². The molecule has 2 heterocycles. The summed E-state index contributed by atoms with van der Waals surface area (Å²) in [6.07, 6.45) is 2.27. The summed E-state index contributed by atoms with van der Waals surface area (Å²) >= 11 is 0. The predicted molar refractivity (Wildman–Crippen MR) is 130 cm³/mol. The Hall–Kier alpha value is -1.13. The van der Waals surface area contributed by atoms with Crippen LogP contribution in [0.3, 0.4) is 0 Å². The number of nitrogens with two attached hydrogens (primary N) is 1. The molecule has 164 valence electrons. The molecule has 0 radical (unpaired) electrons. The number of hydrogen-bond acceptors (Lipinski definition) is 4. The van der Waals surface area contributed by atoms with Crippen LogP contribution in [0.4, 0.5) is 10.1 Å². The SMILES string of the molecule is CCN1CCN(CCCCN=C(N)N2CCN(c3ccc(F)cc3)CC2)CC1.I. The molecule has 1 aromatic carbocycles. The van der Waals surface area contributed by atoms with Gasteiger partial charge >= 0.3 is 0 Å². The largest absolute Gasteiger partial charge is 0.370 e. The Morgan fingerprint density at radius 2 is 1.55 bits per heavy atom. The summed E-state index contributed by atoms with van der Waals surface area (Å²) in [5.74, 6) is 0.470. The van der Waals surface area contributed by atoms with Crippen LogP contribution in [0.15, 0.2) is 29.3 Å². The minimum absolute atomic E-state index is 0. The van der Waals surface area contributed by atoms with Crippen LogP contribution in [0.1, 0.15) is 19.8 Å². The normalized spacial score (nSPS) is 19.3. The van der Waals surface area contributed by atoms with E-state index < -0.39 is 0 Å². The van der Waals surface area contributed by atoms with Crippen LogP contribution in [-0.4, -0.2) is 92.7 Å². The number of benzene rings is 1. The van der Waals surface area contributed by atoms with Gasteiger partial charge in [-0.3, -0.25) is 4.99 Å². The molecule has 2 aliphatic heterocycles. The van der Waals surface area contributed by atoms with Crippen molar-refractivity contribution in [1.82, 2.24) is 14.7 Å². The van der Waals surface area contributed by atoms with Crippen LogP contribution in [0.25, 0.3) is 0 Å². The Morgan fingerprint density at radius 1 is 0.931 bits per heavy atom. The number of likely N-dealkylation sites (N-methyl/N-ethyl adjacent to an activating group) is 1. The topological polar surface area (TPSA) is 51.3 Å². The van der Waals surface area contributed by atoms with Gasteiger partial charge in [0.25, 0.3) is 0 Å². The van der Waals surface area contributed by atoms with Crippen LogP contribution in [0.2, 0.25) is 0 Å². The van der Waals surface area contributed by atoms with E-state index in [1.807, 2.05) is 12.1 Å². The second-order valence-corrected chi connectivity index (χ2v) is 7.67. The zero-order valence-electron chi connectivity index (χ0n) is 17.6. The summed E-state index contributed by atoms with van der Waals surface area (Å²) in [5, 5.41) is 0. The molecular weight excluding hydrogens is 482 g/mol. The van der Waals surface area contributed by atoms with Crippen LogP contribution in [-0.2, 0) is 0 Å². The van der Waals surface area contributed by atoms with E-state index in [1.54, 1.807) is 0 Å². The minimum Gasteiger partial charge on any atom is -0.370 e. The monoisotopic (exact) mass is 518 g/mol. The van der Waals surface area contributed by atoms with E-state index in [2.05, 4.69) is 31.5 Å². The second-order valence-electron chi connectivity index (χ2n) is 7.67. The maximum absolute atomic E-state index is 13.1. The maximum atomic E-state index is 13.1. The Bertz CT molecular complexity index is 610. The van der Waals surface area contributed by atoms with E-state index in [0.717, 1.165) is 44.8 Å². The summed E-state index contributed by atoms with van der Waals surface area (Å²) in [5.41, 5.74) is 7.27. The lowest BCUT2D eigenvalue weighted by Gasteiger charge is -2.36. The zero-order chi connectivity index (χ0) is 19.8. The van der Waals surface area contributed by atoms with Gasteiger partial charge < -0.3 is 25.3 Å². The van der Waals surface area contributed by atoms with Gasteiger partial charge in [-0.2, -0.15) is 0 Å².